The van der Waals surface area contributed by atoms with Gasteiger partial charge in [0.2, 0.25) is 5.79 Å². The zero-order valence-corrected chi connectivity index (χ0v) is 23.5. The lowest BCUT2D eigenvalue weighted by molar-refractivity contribution is -0.206. The predicted molar refractivity (Wildman–Crippen MR) is 145 cm³/mol. The van der Waals surface area contributed by atoms with Crippen molar-refractivity contribution in [2.24, 2.45) is 23.2 Å². The van der Waals surface area contributed by atoms with Crippen molar-refractivity contribution in [3.63, 3.8) is 0 Å². The number of hydrogen-bond donors (Lipinski definition) is 3. The molecule has 0 aromatic rings. The molecule has 222 valence electrons. The summed E-state index contributed by atoms with van der Waals surface area (Å²) in [6, 6.07) is 0. The molecule has 0 saturated carbocycles. The minimum Gasteiger partial charge on any atom is -0.481 e. The van der Waals surface area contributed by atoms with Crippen LogP contribution in [-0.4, -0.2) is 56.9 Å². The Morgan fingerprint density at radius 3 is 2.46 bits per heavy atom. The van der Waals surface area contributed by atoms with E-state index in [1.54, 1.807) is 12.2 Å². The van der Waals surface area contributed by atoms with Crippen LogP contribution in [0.25, 0.3) is 0 Å². The van der Waals surface area contributed by atoms with Crippen LogP contribution in [0.2, 0.25) is 0 Å². The van der Waals surface area contributed by atoms with Crippen molar-refractivity contribution in [2.45, 2.75) is 89.9 Å². The zero-order chi connectivity index (χ0) is 29.9. The van der Waals surface area contributed by atoms with Gasteiger partial charge in [0, 0.05) is 18.4 Å². The quantitative estimate of drug-likeness (QED) is 0.122. The Morgan fingerprint density at radius 1 is 1.07 bits per heavy atom. The molecule has 41 heavy (non-hydrogen) atoms. The molecule has 4 bridgehead atoms. The number of aliphatic carboxylic acids is 1. The Balaban J connectivity index is 1.80. The van der Waals surface area contributed by atoms with Crippen molar-refractivity contribution in [3.8, 4) is 0 Å². The third kappa shape index (κ3) is 5.59. The Morgan fingerprint density at radius 2 is 1.78 bits per heavy atom. The van der Waals surface area contributed by atoms with Gasteiger partial charge >= 0.3 is 23.9 Å². The summed E-state index contributed by atoms with van der Waals surface area (Å²) in [7, 11) is 0. The monoisotopic (exact) mass is 570 g/mol. The Bertz CT molecular complexity index is 1240. The standard InChI is InChI=1S/C31H38O10/c1-3-5-7-8-9-11-12-18-14-23-30(17-24(34)35)16-20-25(28(37)40-27(20)36)26(31(23,39)41-29(30)38)19(18)15-22(33)21(32)13-10-6-4-2/h3-6,14,18-19,22,26,33,39H,7-13,15-17H2,1-2H3,(H,34,35)/b5-3+,6-4+/t18-,19+,22-,26+,30+,31+/m1/s1. The number of aliphatic hydroxyl groups is 2. The van der Waals surface area contributed by atoms with Crippen molar-refractivity contribution in [2.75, 3.05) is 0 Å². The van der Waals surface area contributed by atoms with Gasteiger partial charge in [-0.2, -0.15) is 0 Å². The average molecular weight is 571 g/mol. The van der Waals surface area contributed by atoms with E-state index in [1.807, 2.05) is 26.0 Å². The topological polar surface area (TPSA) is 164 Å². The number of aliphatic hydroxyl groups excluding tert-OH is 1. The third-order valence-corrected chi connectivity index (χ3v) is 8.84. The normalized spacial score (nSPS) is 31.3. The fourth-order valence-electron chi connectivity index (χ4n) is 6.96. The van der Waals surface area contributed by atoms with Crippen LogP contribution in [0.4, 0.5) is 0 Å². The number of Topliss-reactive ketones (excluding diaryl/α,β-unsaturated/α-hetero) is 1. The highest BCUT2D eigenvalue weighted by Gasteiger charge is 2.72. The number of esters is 3. The van der Waals surface area contributed by atoms with Crippen LogP contribution in [0.1, 0.15) is 78.1 Å². The summed E-state index contributed by atoms with van der Waals surface area (Å²) >= 11 is 0. The molecule has 0 aromatic heterocycles. The number of unbranched alkanes of at least 4 members (excludes halogenated alkanes) is 3. The SMILES string of the molecule is C/C=C/CCCCC[C@@H]1C=C2[C@@]3(CC(=O)O)CC4=C(C(=O)OC4=O)[C@H]([C@H]1C[C@@H](O)C(=O)CC/C=C/C)[C@@]2(O)OC3=O. The van der Waals surface area contributed by atoms with E-state index < -0.39 is 77.6 Å². The number of carbonyl (C=O) groups excluding carboxylic acids is 4. The number of allylic oxidation sites excluding steroid dienone is 5. The van der Waals surface area contributed by atoms with Gasteiger partial charge in [0.25, 0.3) is 0 Å². The van der Waals surface area contributed by atoms with Gasteiger partial charge in [-0.25, -0.2) is 9.59 Å². The van der Waals surface area contributed by atoms with Crippen LogP contribution in [0.5, 0.6) is 0 Å². The Labute approximate surface area is 238 Å². The van der Waals surface area contributed by atoms with Gasteiger partial charge in [0.1, 0.15) is 11.5 Å². The number of fused-ring (bicyclic) bond motifs is 1. The molecule has 0 aromatic carbocycles. The maximum absolute atomic E-state index is 13.4. The van der Waals surface area contributed by atoms with Crippen LogP contribution in [-0.2, 0) is 33.4 Å². The molecule has 3 N–H and O–H groups in total. The second kappa shape index (κ2) is 12.2. The number of carboxylic acid groups (broad SMARTS) is 1. The number of hydrogen-bond acceptors (Lipinski definition) is 9. The van der Waals surface area contributed by atoms with E-state index in [0.29, 0.717) is 12.8 Å². The third-order valence-electron chi connectivity index (χ3n) is 8.84. The first-order valence-corrected chi connectivity index (χ1v) is 14.3. The minimum atomic E-state index is -2.42. The number of ketones is 1. The van der Waals surface area contributed by atoms with Crippen LogP contribution in [0.15, 0.2) is 47.1 Å². The summed E-state index contributed by atoms with van der Waals surface area (Å²) in [6.45, 7) is 3.77. The number of ether oxygens (including phenoxy) is 2. The van der Waals surface area contributed by atoms with Gasteiger partial charge in [-0.05, 0) is 57.8 Å². The first-order chi connectivity index (χ1) is 19.5. The second-order valence-electron chi connectivity index (χ2n) is 11.4. The van der Waals surface area contributed by atoms with Crippen LogP contribution >= 0.6 is 0 Å². The van der Waals surface area contributed by atoms with Crippen LogP contribution in [0, 0.1) is 23.2 Å². The van der Waals surface area contributed by atoms with E-state index in [9.17, 15) is 39.3 Å². The molecule has 2 aliphatic heterocycles. The van der Waals surface area contributed by atoms with E-state index in [4.69, 9.17) is 9.47 Å². The van der Waals surface area contributed by atoms with E-state index in [1.165, 1.54) is 0 Å². The highest BCUT2D eigenvalue weighted by atomic mass is 16.7. The molecule has 0 amide bonds. The van der Waals surface area contributed by atoms with Gasteiger partial charge in [0.05, 0.1) is 23.5 Å². The zero-order valence-electron chi connectivity index (χ0n) is 23.5. The fourth-order valence-corrected chi connectivity index (χ4v) is 6.96. The van der Waals surface area contributed by atoms with E-state index >= 15 is 0 Å². The summed E-state index contributed by atoms with van der Waals surface area (Å²) in [6.07, 6.45) is 11.0. The highest BCUT2D eigenvalue weighted by Crippen LogP contribution is 2.64. The van der Waals surface area contributed by atoms with Crippen LogP contribution < -0.4 is 0 Å². The van der Waals surface area contributed by atoms with Gasteiger partial charge in [0.15, 0.2) is 5.78 Å². The molecule has 4 rings (SSSR count). The lowest BCUT2D eigenvalue weighted by atomic mass is 9.61. The summed E-state index contributed by atoms with van der Waals surface area (Å²) < 4.78 is 10.4. The van der Waals surface area contributed by atoms with E-state index in [2.05, 4.69) is 6.08 Å². The van der Waals surface area contributed by atoms with E-state index in [0.717, 1.165) is 25.7 Å². The van der Waals surface area contributed by atoms with Crippen molar-refractivity contribution in [1.29, 1.82) is 0 Å². The maximum atomic E-state index is 13.4. The smallest absolute Gasteiger partial charge is 0.343 e. The van der Waals surface area contributed by atoms with Crippen molar-refractivity contribution in [1.82, 2.24) is 0 Å². The number of carbonyl (C=O) groups is 5. The Hall–Kier alpha value is -3.37. The van der Waals surface area contributed by atoms with Gasteiger partial charge in [-0.1, -0.05) is 43.2 Å². The molecule has 1 saturated heterocycles. The molecule has 10 nitrogen and oxygen atoms in total. The molecular weight excluding hydrogens is 532 g/mol. The highest BCUT2D eigenvalue weighted by molar-refractivity contribution is 6.14. The Kier molecular flexibility index (Phi) is 9.13. The summed E-state index contributed by atoms with van der Waals surface area (Å²) in [5, 5.41) is 32.8. The molecular formula is C31H38O10. The lowest BCUT2D eigenvalue weighted by Crippen LogP contribution is -2.51. The number of cyclic esters (lactones) is 2. The minimum absolute atomic E-state index is 0.0291. The van der Waals surface area contributed by atoms with Gasteiger partial charge in [-0.3, -0.25) is 14.4 Å². The molecule has 0 unspecified atom stereocenters. The molecule has 4 aliphatic rings. The molecule has 2 heterocycles. The largest absolute Gasteiger partial charge is 0.481 e. The number of carboxylic acids is 1. The first-order valence-electron chi connectivity index (χ1n) is 14.3. The predicted octanol–water partition coefficient (Wildman–Crippen LogP) is 3.47. The lowest BCUT2D eigenvalue weighted by Gasteiger charge is -2.45. The summed E-state index contributed by atoms with van der Waals surface area (Å²) in [4.78, 5) is 64.1. The number of rotatable bonds is 14. The van der Waals surface area contributed by atoms with E-state index in [-0.39, 0.29) is 29.6 Å². The van der Waals surface area contributed by atoms with Gasteiger partial charge in [-0.15, -0.1) is 0 Å². The summed E-state index contributed by atoms with van der Waals surface area (Å²) in [5.74, 6) is -9.70. The van der Waals surface area contributed by atoms with Crippen molar-refractivity contribution >= 4 is 29.7 Å². The molecule has 1 fully saturated rings. The van der Waals surface area contributed by atoms with Crippen LogP contribution in [0.3, 0.4) is 0 Å². The molecule has 0 radical (unpaired) electrons. The fraction of sp³-hybridized carbons (Fsp3) is 0.581. The van der Waals surface area contributed by atoms with Crippen molar-refractivity contribution in [3.05, 3.63) is 47.1 Å². The first kappa shape index (κ1) is 30.6. The molecule has 10 heteroatoms. The summed E-state index contributed by atoms with van der Waals surface area (Å²) in [5.41, 5.74) is -2.19. The second-order valence-corrected chi connectivity index (χ2v) is 11.4. The molecule has 6 atom stereocenters. The maximum Gasteiger partial charge on any atom is 0.343 e. The average Bonchev–Trinajstić information content (AvgIpc) is 3.26. The van der Waals surface area contributed by atoms with Crippen molar-refractivity contribution < 1.29 is 48.8 Å². The van der Waals surface area contributed by atoms with Gasteiger partial charge < -0.3 is 24.8 Å². The molecule has 0 spiro atoms. The molecule has 2 aliphatic carbocycles.